The number of esters is 3. The number of allylic oxidation sites excluding steroid dienone is 22. The lowest BCUT2D eigenvalue weighted by atomic mass is 10.1. The van der Waals surface area contributed by atoms with Gasteiger partial charge in [0.1, 0.15) is 13.2 Å². The molecule has 0 rings (SSSR count). The van der Waals surface area contributed by atoms with Crippen LogP contribution >= 0.6 is 0 Å². The summed E-state index contributed by atoms with van der Waals surface area (Å²) in [6.07, 6.45) is 85.9. The minimum absolute atomic E-state index is 0.110. The van der Waals surface area contributed by atoms with Crippen LogP contribution in [-0.2, 0) is 28.6 Å². The summed E-state index contributed by atoms with van der Waals surface area (Å²) in [7, 11) is 0. The van der Waals surface area contributed by atoms with Gasteiger partial charge in [0.15, 0.2) is 6.10 Å². The highest BCUT2D eigenvalue weighted by molar-refractivity contribution is 5.71. The first-order valence-electron chi connectivity index (χ1n) is 30.2. The summed E-state index contributed by atoms with van der Waals surface area (Å²) < 4.78 is 16.8. The molecule has 0 aromatic carbocycles. The molecule has 6 nitrogen and oxygen atoms in total. The molecule has 0 N–H and O–H groups in total. The summed E-state index contributed by atoms with van der Waals surface area (Å²) in [6, 6.07) is 0. The molecule has 0 fully saturated rings. The van der Waals surface area contributed by atoms with Crippen LogP contribution in [0.5, 0.6) is 0 Å². The third-order valence-electron chi connectivity index (χ3n) is 12.4. The van der Waals surface area contributed by atoms with E-state index in [9.17, 15) is 14.4 Å². The molecule has 0 aromatic rings. The Bertz CT molecular complexity index is 1600. The maximum Gasteiger partial charge on any atom is 0.306 e. The van der Waals surface area contributed by atoms with Gasteiger partial charge < -0.3 is 14.2 Å². The van der Waals surface area contributed by atoms with Crippen LogP contribution in [0.1, 0.15) is 258 Å². The minimum Gasteiger partial charge on any atom is -0.462 e. The molecule has 0 saturated heterocycles. The second-order valence-electron chi connectivity index (χ2n) is 19.5. The molecule has 0 saturated carbocycles. The van der Waals surface area contributed by atoms with Gasteiger partial charge in [0.2, 0.25) is 0 Å². The normalized spacial score (nSPS) is 13.1. The molecule has 1 atom stereocenters. The maximum absolute atomic E-state index is 12.9. The van der Waals surface area contributed by atoms with Crippen molar-refractivity contribution < 1.29 is 28.6 Å². The van der Waals surface area contributed by atoms with Gasteiger partial charge in [0.25, 0.3) is 0 Å². The highest BCUT2D eigenvalue weighted by atomic mass is 16.6. The van der Waals surface area contributed by atoms with Crippen molar-refractivity contribution >= 4 is 17.9 Å². The van der Waals surface area contributed by atoms with E-state index in [0.29, 0.717) is 19.3 Å². The molecule has 6 heteroatoms. The quantitative estimate of drug-likeness (QED) is 0.0261. The van der Waals surface area contributed by atoms with Gasteiger partial charge in [-0.3, -0.25) is 14.4 Å². The molecule has 418 valence electrons. The van der Waals surface area contributed by atoms with Gasteiger partial charge in [-0.25, -0.2) is 0 Å². The van der Waals surface area contributed by atoms with Crippen molar-refractivity contribution in [3.05, 3.63) is 134 Å². The first kappa shape index (κ1) is 69.5. The second-order valence-corrected chi connectivity index (χ2v) is 19.5. The van der Waals surface area contributed by atoms with Gasteiger partial charge in [-0.1, -0.05) is 238 Å². The van der Waals surface area contributed by atoms with Gasteiger partial charge in [-0.05, 0) is 135 Å². The summed E-state index contributed by atoms with van der Waals surface area (Å²) in [5.41, 5.74) is 0. The fourth-order valence-electron chi connectivity index (χ4n) is 7.90. The number of rotatable bonds is 53. The minimum atomic E-state index is -0.812. The summed E-state index contributed by atoms with van der Waals surface area (Å²) >= 11 is 0. The van der Waals surface area contributed by atoms with E-state index in [-0.39, 0.29) is 31.1 Å². The molecule has 0 aliphatic heterocycles. The molecule has 0 spiro atoms. The Labute approximate surface area is 455 Å². The monoisotopic (exact) mass is 1020 g/mol. The van der Waals surface area contributed by atoms with E-state index in [2.05, 4.69) is 154 Å². The number of hydrogen-bond donors (Lipinski definition) is 0. The summed E-state index contributed by atoms with van der Waals surface area (Å²) in [5, 5.41) is 0. The Balaban J connectivity index is 4.46. The lowest BCUT2D eigenvalue weighted by Gasteiger charge is -2.18. The Hall–Kier alpha value is -4.45. The van der Waals surface area contributed by atoms with Crippen molar-refractivity contribution in [2.45, 2.75) is 264 Å². The van der Waals surface area contributed by atoms with Crippen LogP contribution in [0.15, 0.2) is 134 Å². The van der Waals surface area contributed by atoms with Crippen LogP contribution in [0, 0.1) is 0 Å². The Morgan fingerprint density at radius 3 is 0.851 bits per heavy atom. The molecule has 0 aliphatic rings. The van der Waals surface area contributed by atoms with Crippen LogP contribution in [-0.4, -0.2) is 37.2 Å². The largest absolute Gasteiger partial charge is 0.462 e. The SMILES string of the molecule is CC/C=C\C/C=C\C/C=C\C/C=C\C/C=C\C/C=C\C/C=C\CCCCCC(=O)OCC(COC(=O)CCCCC/C=C\C/C=C\C/C=C\CC)OC(=O)CCCCCCCCC/C=C\CCCCCCCCC. The molecule has 0 bridgehead atoms. The van der Waals surface area contributed by atoms with E-state index in [1.54, 1.807) is 0 Å². The number of hydrogen-bond acceptors (Lipinski definition) is 6. The maximum atomic E-state index is 12.9. The first-order chi connectivity index (χ1) is 36.5. The number of ether oxygens (including phenoxy) is 3. The van der Waals surface area contributed by atoms with Crippen LogP contribution in [0.3, 0.4) is 0 Å². The fraction of sp³-hybridized carbons (Fsp3) is 0.632. The average molecular weight is 1020 g/mol. The Morgan fingerprint density at radius 2 is 0.527 bits per heavy atom. The molecule has 0 amide bonds. The van der Waals surface area contributed by atoms with Crippen molar-refractivity contribution in [2.24, 2.45) is 0 Å². The summed E-state index contributed by atoms with van der Waals surface area (Å²) in [4.78, 5) is 38.2. The van der Waals surface area contributed by atoms with Gasteiger partial charge in [-0.15, -0.1) is 0 Å². The average Bonchev–Trinajstić information content (AvgIpc) is 3.40. The van der Waals surface area contributed by atoms with Crippen molar-refractivity contribution in [2.75, 3.05) is 13.2 Å². The second kappa shape index (κ2) is 61.1. The highest BCUT2D eigenvalue weighted by Gasteiger charge is 2.19. The molecule has 1 unspecified atom stereocenters. The third kappa shape index (κ3) is 58.4. The lowest BCUT2D eigenvalue weighted by Crippen LogP contribution is -2.30. The van der Waals surface area contributed by atoms with E-state index in [1.807, 2.05) is 0 Å². The van der Waals surface area contributed by atoms with Crippen LogP contribution in [0.25, 0.3) is 0 Å². The van der Waals surface area contributed by atoms with Crippen molar-refractivity contribution in [3.8, 4) is 0 Å². The highest BCUT2D eigenvalue weighted by Crippen LogP contribution is 2.14. The summed E-state index contributed by atoms with van der Waals surface area (Å²) in [5.74, 6) is -0.975. The predicted molar refractivity (Wildman–Crippen MR) is 320 cm³/mol. The van der Waals surface area contributed by atoms with Gasteiger partial charge >= 0.3 is 17.9 Å². The van der Waals surface area contributed by atoms with E-state index in [4.69, 9.17) is 14.2 Å². The van der Waals surface area contributed by atoms with Crippen LogP contribution in [0.2, 0.25) is 0 Å². The number of carbonyl (C=O) groups excluding carboxylic acids is 3. The standard InChI is InChI=1S/C68H110O6/c1-4-7-10-13-16-19-22-25-27-29-31-32-33-34-35-36-37-39-40-43-46-49-52-55-58-61-67(70)73-64-65(63-72-66(69)60-57-54-51-48-45-42-24-21-18-15-12-9-6-3)74-68(71)62-59-56-53-50-47-44-41-38-30-28-26-23-20-17-14-11-8-5-2/h7,9-10,12,16,18-19,21,25,27-28,30-32,34-35,37,39,42-43,45-46,65H,4-6,8,11,13-15,17,20,22-24,26,29,33,36,38,40-41,44,47-64H2,1-3H3/b10-7-,12-9-,19-16-,21-18-,27-25-,30-28-,32-31-,35-34-,39-37-,45-42-,46-43-. The Morgan fingerprint density at radius 1 is 0.284 bits per heavy atom. The molecular weight excluding hydrogens is 913 g/mol. The predicted octanol–water partition coefficient (Wildman–Crippen LogP) is 20.6. The number of carbonyl (C=O) groups is 3. The van der Waals surface area contributed by atoms with Gasteiger partial charge in [-0.2, -0.15) is 0 Å². The van der Waals surface area contributed by atoms with Crippen LogP contribution in [0.4, 0.5) is 0 Å². The molecule has 0 heterocycles. The van der Waals surface area contributed by atoms with E-state index in [0.717, 1.165) is 135 Å². The Kier molecular flexibility index (Phi) is 57.4. The van der Waals surface area contributed by atoms with Crippen molar-refractivity contribution in [1.82, 2.24) is 0 Å². The summed E-state index contributed by atoms with van der Waals surface area (Å²) in [6.45, 7) is 6.35. The van der Waals surface area contributed by atoms with E-state index < -0.39 is 6.10 Å². The topological polar surface area (TPSA) is 78.9 Å². The molecule has 74 heavy (non-hydrogen) atoms. The van der Waals surface area contributed by atoms with Crippen molar-refractivity contribution in [3.63, 3.8) is 0 Å². The van der Waals surface area contributed by atoms with Crippen LogP contribution < -0.4 is 0 Å². The van der Waals surface area contributed by atoms with Gasteiger partial charge in [0.05, 0.1) is 0 Å². The zero-order valence-electron chi connectivity index (χ0n) is 47.8. The third-order valence-corrected chi connectivity index (χ3v) is 12.4. The smallest absolute Gasteiger partial charge is 0.306 e. The van der Waals surface area contributed by atoms with Crippen molar-refractivity contribution in [1.29, 1.82) is 0 Å². The molecule has 0 aromatic heterocycles. The van der Waals surface area contributed by atoms with E-state index in [1.165, 1.54) is 83.5 Å². The zero-order valence-corrected chi connectivity index (χ0v) is 47.8. The fourth-order valence-corrected chi connectivity index (χ4v) is 7.90. The molecular formula is C68H110O6. The molecule has 0 radical (unpaired) electrons. The number of unbranched alkanes of at least 4 members (excludes halogenated alkanes) is 20. The van der Waals surface area contributed by atoms with E-state index >= 15 is 0 Å². The molecule has 0 aliphatic carbocycles. The first-order valence-corrected chi connectivity index (χ1v) is 30.2. The zero-order chi connectivity index (χ0) is 53.6. The lowest BCUT2D eigenvalue weighted by molar-refractivity contribution is -0.167. The van der Waals surface area contributed by atoms with Gasteiger partial charge in [0, 0.05) is 19.3 Å².